The van der Waals surface area contributed by atoms with Gasteiger partial charge in [-0.15, -0.1) is 0 Å². The molecule has 1 aliphatic carbocycles. The maximum absolute atomic E-state index is 15.5. The number of fused-ring (bicyclic) bond motifs is 1. The summed E-state index contributed by atoms with van der Waals surface area (Å²) in [6.07, 6.45) is 5.81. The van der Waals surface area contributed by atoms with Gasteiger partial charge in [-0.25, -0.2) is 4.39 Å². The largest absolute Gasteiger partial charge is 0.497 e. The van der Waals surface area contributed by atoms with Gasteiger partial charge in [-0.1, -0.05) is 61.5 Å². The van der Waals surface area contributed by atoms with Crippen molar-refractivity contribution in [3.05, 3.63) is 107 Å². The third-order valence-corrected chi connectivity index (χ3v) is 11.7. The van der Waals surface area contributed by atoms with E-state index in [9.17, 15) is 14.4 Å². The van der Waals surface area contributed by atoms with E-state index in [-0.39, 0.29) is 36.6 Å². The van der Waals surface area contributed by atoms with Crippen molar-refractivity contribution in [1.82, 2.24) is 20.0 Å². The van der Waals surface area contributed by atoms with Crippen LogP contribution in [-0.2, 0) is 14.4 Å². The molecule has 4 atom stereocenters. The van der Waals surface area contributed by atoms with Gasteiger partial charge in [0.25, 0.3) is 0 Å². The highest BCUT2D eigenvalue weighted by Gasteiger charge is 2.47. The van der Waals surface area contributed by atoms with Gasteiger partial charge in [-0.05, 0) is 103 Å². The molecule has 3 aliphatic heterocycles. The molecule has 1 saturated carbocycles. The summed E-state index contributed by atoms with van der Waals surface area (Å²) in [7, 11) is 1.69. The van der Waals surface area contributed by atoms with Crippen LogP contribution in [0.4, 0.5) is 4.39 Å². The highest BCUT2D eigenvalue weighted by atomic mass is 19.1. The lowest BCUT2D eigenvalue weighted by Gasteiger charge is -2.43. The number of piperidine rings is 1. The second-order valence-corrected chi connectivity index (χ2v) is 15.1. The van der Waals surface area contributed by atoms with E-state index in [1.54, 1.807) is 13.3 Å². The van der Waals surface area contributed by atoms with Crippen LogP contribution in [0.1, 0.15) is 75.0 Å². The maximum Gasteiger partial charge on any atom is 0.249 e. The van der Waals surface area contributed by atoms with Crippen molar-refractivity contribution < 1.29 is 28.2 Å². The summed E-state index contributed by atoms with van der Waals surface area (Å²) in [5, 5.41) is 2.33. The molecule has 1 N–H and O–H groups in total. The Balaban J connectivity index is 0.846. The SMILES string of the molecule is CC/C(=C(\c1ccc(OC)cc1)c1ccc(OCCCCCN2CCN(C3CC4C(=O)N(C5CCC(=O)NC5=O)C=C4CC3F)CC2)cc1)c1ccccc1. The average molecular weight is 749 g/mol. The summed E-state index contributed by atoms with van der Waals surface area (Å²) in [6.45, 7) is 7.19. The Bertz CT molecular complexity index is 1870. The number of alkyl halides is 1. The Kier molecular flexibility index (Phi) is 12.4. The van der Waals surface area contributed by atoms with E-state index in [0.29, 0.717) is 19.4 Å². The molecule has 4 aliphatic rings. The number of unbranched alkanes of at least 4 members (excludes halogenated alkanes) is 2. The third-order valence-electron chi connectivity index (χ3n) is 11.7. The predicted molar refractivity (Wildman–Crippen MR) is 212 cm³/mol. The molecular formula is C45H53FN4O5. The highest BCUT2D eigenvalue weighted by molar-refractivity contribution is 6.02. The highest BCUT2D eigenvalue weighted by Crippen LogP contribution is 2.41. The molecule has 7 rings (SSSR count). The van der Waals surface area contributed by atoms with Crippen molar-refractivity contribution >= 4 is 28.9 Å². The number of ether oxygens (including phenoxy) is 2. The summed E-state index contributed by atoms with van der Waals surface area (Å²) in [6, 6.07) is 26.3. The summed E-state index contributed by atoms with van der Waals surface area (Å²) in [5.41, 5.74) is 6.79. The smallest absolute Gasteiger partial charge is 0.249 e. The van der Waals surface area contributed by atoms with Crippen molar-refractivity contribution in [2.24, 2.45) is 5.92 Å². The molecule has 2 saturated heterocycles. The van der Waals surface area contributed by atoms with Crippen LogP contribution in [0.25, 0.3) is 11.1 Å². The van der Waals surface area contributed by atoms with Crippen molar-refractivity contribution in [1.29, 1.82) is 0 Å². The van der Waals surface area contributed by atoms with Gasteiger partial charge in [0.15, 0.2) is 0 Å². The summed E-state index contributed by atoms with van der Waals surface area (Å²) < 4.78 is 27.1. The fourth-order valence-electron chi connectivity index (χ4n) is 8.72. The first-order valence-electron chi connectivity index (χ1n) is 20.0. The number of carbonyl (C=O) groups is 3. The molecular weight excluding hydrogens is 696 g/mol. The second-order valence-electron chi connectivity index (χ2n) is 15.1. The number of nitrogens with zero attached hydrogens (tertiary/aromatic N) is 3. The first-order valence-corrected chi connectivity index (χ1v) is 20.0. The van der Waals surface area contributed by atoms with E-state index in [0.717, 1.165) is 86.6 Å². The first kappa shape index (κ1) is 38.5. The summed E-state index contributed by atoms with van der Waals surface area (Å²) in [4.78, 5) is 43.5. The summed E-state index contributed by atoms with van der Waals surface area (Å²) in [5.74, 6) is 0.421. The maximum atomic E-state index is 15.5. The van der Waals surface area contributed by atoms with Crippen LogP contribution < -0.4 is 14.8 Å². The molecule has 3 amide bonds. The standard InChI is InChI=1S/C45H53FN4O5/c1-3-37(31-10-6-4-7-11-31)43(32-12-16-35(54-2)17-13-32)33-14-18-36(19-15-33)55-27-9-5-8-22-48-23-25-49(26-24-48)41-29-38-34(28-39(41)46)30-50(45(38)53)40-20-21-42(51)47-44(40)52/h4,6-7,10-19,30,38-41H,3,5,8-9,20-29H2,1-2H3,(H,47,51,52)/b43-37-. The fraction of sp³-hybridized carbons (Fsp3) is 0.444. The Morgan fingerprint density at radius 3 is 2.18 bits per heavy atom. The van der Waals surface area contributed by atoms with Gasteiger partial charge < -0.3 is 19.3 Å². The Labute approximate surface area is 324 Å². The molecule has 0 radical (unpaired) electrons. The van der Waals surface area contributed by atoms with Crippen LogP contribution in [-0.4, -0.2) is 97.1 Å². The topological polar surface area (TPSA) is 91.4 Å². The first-order chi connectivity index (χ1) is 26.8. The zero-order chi connectivity index (χ0) is 38.3. The lowest BCUT2D eigenvalue weighted by molar-refractivity contribution is -0.144. The molecule has 3 heterocycles. The Morgan fingerprint density at radius 2 is 1.53 bits per heavy atom. The number of carbonyl (C=O) groups excluding carboxylic acids is 3. The number of allylic oxidation sites excluding steroid dienone is 1. The number of hydrogen-bond acceptors (Lipinski definition) is 7. The molecule has 0 spiro atoms. The predicted octanol–water partition coefficient (Wildman–Crippen LogP) is 6.88. The summed E-state index contributed by atoms with van der Waals surface area (Å²) >= 11 is 0. The number of nitrogens with one attached hydrogen (secondary N) is 1. The molecule has 3 fully saturated rings. The molecule has 10 heteroatoms. The molecule has 4 unspecified atom stereocenters. The lowest BCUT2D eigenvalue weighted by atomic mass is 9.80. The minimum atomic E-state index is -1.05. The van der Waals surface area contributed by atoms with E-state index in [2.05, 4.69) is 88.8 Å². The van der Waals surface area contributed by atoms with Gasteiger partial charge in [0, 0.05) is 51.3 Å². The molecule has 3 aromatic rings. The van der Waals surface area contributed by atoms with Crippen molar-refractivity contribution in [3.63, 3.8) is 0 Å². The van der Waals surface area contributed by atoms with Gasteiger partial charge in [-0.2, -0.15) is 0 Å². The molecule has 55 heavy (non-hydrogen) atoms. The van der Waals surface area contributed by atoms with Gasteiger partial charge in [-0.3, -0.25) is 24.6 Å². The van der Waals surface area contributed by atoms with Crippen molar-refractivity contribution in [3.8, 4) is 11.5 Å². The van der Waals surface area contributed by atoms with E-state index in [4.69, 9.17) is 9.47 Å². The van der Waals surface area contributed by atoms with Crippen LogP contribution in [0.15, 0.2) is 90.6 Å². The van der Waals surface area contributed by atoms with E-state index >= 15 is 4.39 Å². The molecule has 3 aromatic carbocycles. The minimum Gasteiger partial charge on any atom is -0.497 e. The fourth-order valence-corrected chi connectivity index (χ4v) is 8.72. The zero-order valence-corrected chi connectivity index (χ0v) is 32.1. The van der Waals surface area contributed by atoms with Gasteiger partial charge in [0.1, 0.15) is 23.7 Å². The lowest BCUT2D eigenvalue weighted by Crippen LogP contribution is -2.55. The molecule has 0 bridgehead atoms. The Hall–Kier alpha value is -4.80. The third kappa shape index (κ3) is 8.86. The van der Waals surface area contributed by atoms with E-state index in [1.165, 1.54) is 21.6 Å². The number of hydrogen-bond donors (Lipinski definition) is 1. The minimum absolute atomic E-state index is 0.138. The number of benzene rings is 3. The van der Waals surface area contributed by atoms with Crippen LogP contribution in [0.3, 0.4) is 0 Å². The Morgan fingerprint density at radius 1 is 0.836 bits per heavy atom. The van der Waals surface area contributed by atoms with Gasteiger partial charge in [0.05, 0.1) is 19.6 Å². The van der Waals surface area contributed by atoms with Crippen LogP contribution in [0.2, 0.25) is 0 Å². The zero-order valence-electron chi connectivity index (χ0n) is 32.1. The number of amides is 3. The monoisotopic (exact) mass is 748 g/mol. The average Bonchev–Trinajstić information content (AvgIpc) is 3.52. The second kappa shape index (κ2) is 17.8. The number of halogens is 1. The van der Waals surface area contributed by atoms with Crippen LogP contribution in [0.5, 0.6) is 11.5 Å². The van der Waals surface area contributed by atoms with Gasteiger partial charge in [0.2, 0.25) is 17.7 Å². The number of imide groups is 1. The molecule has 290 valence electrons. The molecule has 9 nitrogen and oxygen atoms in total. The van der Waals surface area contributed by atoms with Crippen LogP contribution in [0, 0.1) is 5.92 Å². The van der Waals surface area contributed by atoms with E-state index < -0.39 is 18.1 Å². The quantitative estimate of drug-likeness (QED) is 0.109. The molecule has 0 aromatic heterocycles. The van der Waals surface area contributed by atoms with E-state index in [1.807, 2.05) is 12.1 Å². The van der Waals surface area contributed by atoms with Crippen LogP contribution >= 0.6 is 0 Å². The number of rotatable bonds is 14. The normalized spacial score (nSPS) is 23.9. The van der Waals surface area contributed by atoms with Crippen molar-refractivity contribution in [2.75, 3.05) is 46.4 Å². The van der Waals surface area contributed by atoms with Gasteiger partial charge >= 0.3 is 0 Å². The number of methoxy groups -OCH3 is 1. The van der Waals surface area contributed by atoms with Crippen molar-refractivity contribution in [2.45, 2.75) is 76.5 Å². The number of piperazine rings is 1.